The Morgan fingerprint density at radius 1 is 1.21 bits per heavy atom. The van der Waals surface area contributed by atoms with Crippen LogP contribution in [-0.2, 0) is 19.4 Å². The Morgan fingerprint density at radius 2 is 2.05 bits per heavy atom. The first kappa shape index (κ1) is 12.3. The minimum absolute atomic E-state index is 0.0357. The highest BCUT2D eigenvalue weighted by Gasteiger charge is 2.16. The average Bonchev–Trinajstić information content (AvgIpc) is 2.84. The number of hydrogen-bond acceptors (Lipinski definition) is 2. The van der Waals surface area contributed by atoms with E-state index in [4.69, 9.17) is 17.3 Å². The third kappa shape index (κ3) is 2.26. The lowest BCUT2D eigenvalue weighted by molar-refractivity contribution is 0.707. The zero-order valence-electron chi connectivity index (χ0n) is 10.5. The monoisotopic (exact) mass is 274 g/mol. The fourth-order valence-corrected chi connectivity index (χ4v) is 2.92. The Labute approximate surface area is 116 Å². The molecule has 0 atom stereocenters. The predicted octanol–water partition coefficient (Wildman–Crippen LogP) is 2.62. The topological polar surface area (TPSA) is 48.0 Å². The van der Waals surface area contributed by atoms with Gasteiger partial charge in [-0.2, -0.15) is 0 Å². The van der Waals surface area contributed by atoms with E-state index < -0.39 is 0 Å². The fourth-order valence-electron chi connectivity index (χ4n) is 2.67. The van der Waals surface area contributed by atoms with Crippen LogP contribution in [0.3, 0.4) is 0 Å². The number of halogens is 1. The summed E-state index contributed by atoms with van der Waals surface area (Å²) in [7, 11) is 0. The molecule has 1 aromatic carbocycles. The van der Waals surface area contributed by atoms with E-state index in [1.165, 1.54) is 5.56 Å². The number of fused-ring (bicyclic) bond motifs is 1. The third-order valence-corrected chi connectivity index (χ3v) is 4.01. The Balaban J connectivity index is 2.04. The maximum Gasteiger partial charge on any atom is 0.251 e. The highest BCUT2D eigenvalue weighted by molar-refractivity contribution is 6.31. The van der Waals surface area contributed by atoms with Crippen molar-refractivity contribution in [1.82, 2.24) is 4.57 Å². The molecular weight excluding hydrogens is 260 g/mol. The molecular formula is C15H15ClN2O. The van der Waals surface area contributed by atoms with Gasteiger partial charge in [-0.3, -0.25) is 4.79 Å². The molecule has 2 aromatic rings. The van der Waals surface area contributed by atoms with Crippen LogP contribution in [0, 0.1) is 0 Å². The molecule has 4 heteroatoms. The van der Waals surface area contributed by atoms with Crippen molar-refractivity contribution in [3.63, 3.8) is 0 Å². The van der Waals surface area contributed by atoms with Crippen LogP contribution in [0.2, 0.25) is 5.02 Å². The van der Waals surface area contributed by atoms with Gasteiger partial charge in [-0.15, -0.1) is 0 Å². The van der Waals surface area contributed by atoms with E-state index >= 15 is 0 Å². The minimum Gasteiger partial charge on any atom is -0.399 e. The second-order valence-electron chi connectivity index (χ2n) is 4.93. The number of hydrogen-bond donors (Lipinski definition) is 1. The molecule has 3 nitrogen and oxygen atoms in total. The second-order valence-corrected chi connectivity index (χ2v) is 5.34. The molecule has 0 unspecified atom stereocenters. The molecule has 0 saturated carbocycles. The number of pyridine rings is 1. The Morgan fingerprint density at radius 3 is 2.84 bits per heavy atom. The lowest BCUT2D eigenvalue weighted by Crippen LogP contribution is -2.23. The van der Waals surface area contributed by atoms with Crippen molar-refractivity contribution in [2.45, 2.75) is 25.8 Å². The number of rotatable bonds is 2. The molecule has 0 fully saturated rings. The van der Waals surface area contributed by atoms with Crippen molar-refractivity contribution in [3.05, 3.63) is 62.5 Å². The summed E-state index contributed by atoms with van der Waals surface area (Å²) in [5.74, 6) is 0. The molecule has 0 aliphatic heterocycles. The number of aryl methyl sites for hydroxylation is 1. The Hall–Kier alpha value is -1.74. The van der Waals surface area contributed by atoms with Gasteiger partial charge in [0.05, 0.1) is 6.54 Å². The van der Waals surface area contributed by atoms with E-state index in [1.807, 2.05) is 22.8 Å². The van der Waals surface area contributed by atoms with Gasteiger partial charge in [0.25, 0.3) is 5.56 Å². The lowest BCUT2D eigenvalue weighted by Gasteiger charge is -2.13. The summed E-state index contributed by atoms with van der Waals surface area (Å²) in [6.45, 7) is 0.515. The van der Waals surface area contributed by atoms with E-state index in [-0.39, 0.29) is 5.56 Å². The molecule has 19 heavy (non-hydrogen) atoms. The van der Waals surface area contributed by atoms with E-state index in [9.17, 15) is 4.79 Å². The average molecular weight is 275 g/mol. The van der Waals surface area contributed by atoms with Gasteiger partial charge in [-0.25, -0.2) is 0 Å². The Kier molecular flexibility index (Phi) is 3.07. The fraction of sp³-hybridized carbons (Fsp3) is 0.267. The van der Waals surface area contributed by atoms with E-state index in [1.54, 1.807) is 12.1 Å². The molecule has 1 heterocycles. The summed E-state index contributed by atoms with van der Waals surface area (Å²) < 4.78 is 1.83. The molecule has 2 N–H and O–H groups in total. The van der Waals surface area contributed by atoms with Gasteiger partial charge < -0.3 is 10.3 Å². The van der Waals surface area contributed by atoms with Crippen molar-refractivity contribution < 1.29 is 0 Å². The normalized spacial score (nSPS) is 13.5. The first-order valence-corrected chi connectivity index (χ1v) is 6.78. The van der Waals surface area contributed by atoms with Crippen LogP contribution in [0.25, 0.3) is 0 Å². The van der Waals surface area contributed by atoms with Crippen molar-refractivity contribution in [2.24, 2.45) is 0 Å². The van der Waals surface area contributed by atoms with Crippen LogP contribution in [-0.4, -0.2) is 4.57 Å². The number of nitrogens with two attached hydrogens (primary N) is 1. The highest BCUT2D eigenvalue weighted by atomic mass is 35.5. The Bertz CT molecular complexity index is 691. The summed E-state index contributed by atoms with van der Waals surface area (Å²) in [6.07, 6.45) is 3.15. The molecule has 3 rings (SSSR count). The number of anilines is 1. The van der Waals surface area contributed by atoms with Gasteiger partial charge in [0.2, 0.25) is 0 Å². The molecule has 1 aliphatic carbocycles. The molecule has 1 aliphatic rings. The number of aromatic nitrogens is 1. The van der Waals surface area contributed by atoms with Crippen LogP contribution >= 0.6 is 11.6 Å². The van der Waals surface area contributed by atoms with Crippen molar-refractivity contribution in [2.75, 3.05) is 5.73 Å². The summed E-state index contributed by atoms with van der Waals surface area (Å²) in [5, 5.41) is 0.613. The number of nitrogen functional groups attached to an aromatic ring is 1. The molecule has 0 amide bonds. The summed E-state index contributed by atoms with van der Waals surface area (Å²) in [5.41, 5.74) is 9.73. The van der Waals surface area contributed by atoms with Crippen LogP contribution in [0.1, 0.15) is 23.2 Å². The zero-order valence-corrected chi connectivity index (χ0v) is 11.3. The molecule has 1 aromatic heterocycles. The van der Waals surface area contributed by atoms with Crippen molar-refractivity contribution in [1.29, 1.82) is 0 Å². The molecule has 0 radical (unpaired) electrons. The zero-order chi connectivity index (χ0) is 13.4. The summed E-state index contributed by atoms with van der Waals surface area (Å²) in [6, 6.07) is 9.03. The summed E-state index contributed by atoms with van der Waals surface area (Å²) in [4.78, 5) is 12.1. The van der Waals surface area contributed by atoms with Gasteiger partial charge in [0, 0.05) is 22.5 Å². The van der Waals surface area contributed by atoms with Gasteiger partial charge in [0.1, 0.15) is 0 Å². The van der Waals surface area contributed by atoms with Crippen LogP contribution < -0.4 is 11.3 Å². The minimum atomic E-state index is 0.0357. The number of nitrogens with zero attached hydrogens (tertiary/aromatic N) is 1. The first-order chi connectivity index (χ1) is 9.15. The van der Waals surface area contributed by atoms with Crippen LogP contribution in [0.5, 0.6) is 0 Å². The first-order valence-electron chi connectivity index (χ1n) is 6.40. The maximum atomic E-state index is 12.1. The quantitative estimate of drug-likeness (QED) is 0.856. The smallest absolute Gasteiger partial charge is 0.251 e. The van der Waals surface area contributed by atoms with Gasteiger partial charge in [-0.1, -0.05) is 23.7 Å². The number of benzene rings is 1. The molecule has 0 spiro atoms. The van der Waals surface area contributed by atoms with E-state index in [2.05, 4.69) is 0 Å². The predicted molar refractivity (Wildman–Crippen MR) is 77.7 cm³/mol. The second kappa shape index (κ2) is 4.74. The van der Waals surface area contributed by atoms with Crippen molar-refractivity contribution in [3.8, 4) is 0 Å². The van der Waals surface area contributed by atoms with E-state index in [0.29, 0.717) is 17.3 Å². The van der Waals surface area contributed by atoms with Crippen molar-refractivity contribution >= 4 is 17.3 Å². The van der Waals surface area contributed by atoms with Gasteiger partial charge >= 0.3 is 0 Å². The summed E-state index contributed by atoms with van der Waals surface area (Å²) >= 11 is 6.19. The largest absolute Gasteiger partial charge is 0.399 e. The van der Waals surface area contributed by atoms with Crippen LogP contribution in [0.15, 0.2) is 35.1 Å². The standard InChI is InChI=1S/C15H15ClN2O/c16-13-8-12(17)6-4-11(13)9-18-14-3-1-2-10(14)5-7-15(18)19/h4-8H,1-3,9,17H2. The maximum absolute atomic E-state index is 12.1. The van der Waals surface area contributed by atoms with Gasteiger partial charge in [0.15, 0.2) is 0 Å². The lowest BCUT2D eigenvalue weighted by atomic mass is 10.1. The SMILES string of the molecule is Nc1ccc(Cn2c3c(ccc2=O)CCC3)c(Cl)c1. The van der Waals surface area contributed by atoms with Crippen LogP contribution in [0.4, 0.5) is 5.69 Å². The molecule has 0 bridgehead atoms. The third-order valence-electron chi connectivity index (χ3n) is 3.65. The van der Waals surface area contributed by atoms with Gasteiger partial charge in [-0.05, 0) is 42.5 Å². The highest BCUT2D eigenvalue weighted by Crippen LogP contribution is 2.23. The van der Waals surface area contributed by atoms with E-state index in [0.717, 1.165) is 30.5 Å². The molecule has 98 valence electrons. The molecule has 0 saturated heterocycles.